The number of nitrogens with zero attached hydrogens (tertiary/aromatic N) is 1. The number of hydrogen-bond donors (Lipinski definition) is 2. The van der Waals surface area contributed by atoms with Crippen LogP contribution in [0.25, 0.3) is 0 Å². The van der Waals surface area contributed by atoms with Crippen molar-refractivity contribution in [1.29, 1.82) is 0 Å². The number of imide groups is 1. The van der Waals surface area contributed by atoms with E-state index in [1.165, 1.54) is 24.3 Å². The standard InChI is InChI=1S/C22H14B4ClF2N3O4/c23-16-12(17(24)31-20(36)21(28,29)9-1-3-10(27)4-2-9)6-5-11-15(16)22(25,26)32(19(11)35)13-7-8-14(33)30-18(13)34/h1-6,13,17H,7-8H2,(H,31,36)(H,30,33,34). The van der Waals surface area contributed by atoms with Crippen molar-refractivity contribution in [2.24, 2.45) is 0 Å². The largest absolute Gasteiger partial charge is 0.352 e. The third kappa shape index (κ3) is 4.23. The second-order valence-electron chi connectivity index (χ2n) is 8.49. The van der Waals surface area contributed by atoms with Crippen molar-refractivity contribution in [1.82, 2.24) is 15.5 Å². The number of hydrogen-bond acceptors (Lipinski definition) is 4. The lowest BCUT2D eigenvalue weighted by Gasteiger charge is -2.41. The lowest BCUT2D eigenvalue weighted by molar-refractivity contribution is -0.147. The fourth-order valence-corrected chi connectivity index (χ4v) is 4.49. The van der Waals surface area contributed by atoms with Gasteiger partial charge in [-0.3, -0.25) is 24.5 Å². The van der Waals surface area contributed by atoms with Crippen LogP contribution in [-0.2, 0) is 25.6 Å². The summed E-state index contributed by atoms with van der Waals surface area (Å²) in [5.74, 6) is -9.15. The van der Waals surface area contributed by atoms with Crippen LogP contribution in [0.2, 0.25) is 5.02 Å². The maximum absolute atomic E-state index is 14.7. The van der Waals surface area contributed by atoms with Crippen molar-refractivity contribution in [2.75, 3.05) is 0 Å². The van der Waals surface area contributed by atoms with Crippen molar-refractivity contribution in [3.63, 3.8) is 0 Å². The van der Waals surface area contributed by atoms with E-state index in [0.717, 1.165) is 17.0 Å². The molecule has 1 saturated heterocycles. The van der Waals surface area contributed by atoms with Crippen molar-refractivity contribution in [3.8, 4) is 0 Å². The lowest BCUT2D eigenvalue weighted by atomic mass is 9.54. The first kappa shape index (κ1) is 26.0. The van der Waals surface area contributed by atoms with Crippen LogP contribution in [0.3, 0.4) is 0 Å². The highest BCUT2D eigenvalue weighted by Gasteiger charge is 2.49. The number of carbonyl (C=O) groups is 4. The number of amides is 4. The fraction of sp³-hybridized carbons (Fsp3) is 0.273. The van der Waals surface area contributed by atoms with Crippen molar-refractivity contribution in [3.05, 3.63) is 63.7 Å². The predicted molar refractivity (Wildman–Crippen MR) is 129 cm³/mol. The molecule has 2 aliphatic heterocycles. The Balaban J connectivity index is 1.62. The van der Waals surface area contributed by atoms with Crippen LogP contribution in [0.5, 0.6) is 0 Å². The number of nitrogens with one attached hydrogen (secondary N) is 2. The number of piperidine rings is 1. The SMILES string of the molecule is [B]c1c(C([B])NC(=O)C(F)(F)c2ccc(Cl)cc2)ccc2c1C([B])([B])N(C1CCC(=O)NC1=O)C2=O. The number of halogens is 3. The highest BCUT2D eigenvalue weighted by atomic mass is 35.5. The summed E-state index contributed by atoms with van der Waals surface area (Å²) in [5.41, 5.74) is -0.984. The molecule has 2 atom stereocenters. The Morgan fingerprint density at radius 3 is 2.42 bits per heavy atom. The molecule has 7 nitrogen and oxygen atoms in total. The third-order valence-electron chi connectivity index (χ3n) is 6.16. The van der Waals surface area contributed by atoms with E-state index in [0.29, 0.717) is 0 Å². The van der Waals surface area contributed by atoms with Gasteiger partial charge in [-0.05, 0) is 41.1 Å². The molecule has 4 amide bonds. The third-order valence-corrected chi connectivity index (χ3v) is 6.41. The Bertz CT molecular complexity index is 1290. The molecule has 2 unspecified atom stereocenters. The van der Waals surface area contributed by atoms with Crippen LogP contribution >= 0.6 is 11.6 Å². The molecule has 14 heteroatoms. The van der Waals surface area contributed by atoms with Crippen LogP contribution in [0.15, 0.2) is 36.4 Å². The van der Waals surface area contributed by atoms with Crippen LogP contribution in [0.1, 0.15) is 45.8 Å². The molecule has 4 rings (SSSR count). The van der Waals surface area contributed by atoms with E-state index in [1.807, 2.05) is 5.32 Å². The smallest absolute Gasteiger partial charge is 0.349 e. The van der Waals surface area contributed by atoms with Gasteiger partial charge in [0.2, 0.25) is 11.8 Å². The van der Waals surface area contributed by atoms with E-state index >= 15 is 0 Å². The van der Waals surface area contributed by atoms with Gasteiger partial charge >= 0.3 is 5.92 Å². The van der Waals surface area contributed by atoms with E-state index in [-0.39, 0.29) is 40.0 Å². The van der Waals surface area contributed by atoms with Crippen LogP contribution < -0.4 is 16.1 Å². The minimum absolute atomic E-state index is 0.0113. The van der Waals surface area contributed by atoms with Gasteiger partial charge in [-0.1, -0.05) is 35.3 Å². The van der Waals surface area contributed by atoms with E-state index in [4.69, 9.17) is 43.0 Å². The first-order valence-corrected chi connectivity index (χ1v) is 11.0. The number of carbonyl (C=O) groups excluding carboxylic acids is 4. The summed E-state index contributed by atoms with van der Waals surface area (Å²) in [6.45, 7) is 0. The van der Waals surface area contributed by atoms with E-state index < -0.39 is 52.4 Å². The molecule has 0 aliphatic carbocycles. The van der Waals surface area contributed by atoms with Gasteiger partial charge in [0.1, 0.15) is 21.7 Å². The molecule has 2 aromatic rings. The van der Waals surface area contributed by atoms with Crippen LogP contribution in [-0.4, -0.2) is 66.0 Å². The normalized spacial score (nSPS) is 20.0. The zero-order valence-corrected chi connectivity index (χ0v) is 19.3. The minimum atomic E-state index is -3.95. The van der Waals surface area contributed by atoms with Crippen molar-refractivity contribution < 1.29 is 28.0 Å². The molecule has 2 aromatic carbocycles. The molecule has 0 bridgehead atoms. The Hall–Kier alpha value is -3.07. The highest BCUT2D eigenvalue weighted by molar-refractivity contribution is 6.47. The molecule has 0 aromatic heterocycles. The first-order chi connectivity index (χ1) is 16.8. The molecule has 2 heterocycles. The lowest BCUT2D eigenvalue weighted by Crippen LogP contribution is -2.59. The zero-order valence-electron chi connectivity index (χ0n) is 18.6. The van der Waals surface area contributed by atoms with E-state index in [2.05, 4.69) is 5.32 Å². The molecule has 1 fully saturated rings. The molecule has 0 spiro atoms. The van der Waals surface area contributed by atoms with Crippen LogP contribution in [0, 0.1) is 0 Å². The Morgan fingerprint density at radius 2 is 1.81 bits per heavy atom. The first-order valence-electron chi connectivity index (χ1n) is 10.6. The number of alkyl halides is 2. The second kappa shape index (κ2) is 9.10. The maximum Gasteiger partial charge on any atom is 0.349 e. The van der Waals surface area contributed by atoms with Gasteiger partial charge in [-0.2, -0.15) is 8.78 Å². The summed E-state index contributed by atoms with van der Waals surface area (Å²) in [5, 5.41) is 2.25. The molecule has 2 N–H and O–H groups in total. The van der Waals surface area contributed by atoms with Gasteiger partial charge in [0.05, 0.1) is 15.7 Å². The summed E-state index contributed by atoms with van der Waals surface area (Å²) >= 11 is 5.71. The number of fused-ring (bicyclic) bond motifs is 1. The molecule has 36 heavy (non-hydrogen) atoms. The zero-order chi connectivity index (χ0) is 26.6. The summed E-state index contributed by atoms with van der Waals surface area (Å²) in [6, 6.07) is 5.82. The van der Waals surface area contributed by atoms with Gasteiger partial charge in [0.25, 0.3) is 11.8 Å². The van der Waals surface area contributed by atoms with Gasteiger partial charge in [0, 0.05) is 28.5 Å². The van der Waals surface area contributed by atoms with Crippen LogP contribution in [0.4, 0.5) is 8.78 Å². The number of benzene rings is 2. The minimum Gasteiger partial charge on any atom is -0.352 e. The van der Waals surface area contributed by atoms with Crippen molar-refractivity contribution >= 4 is 72.1 Å². The highest BCUT2D eigenvalue weighted by Crippen LogP contribution is 2.38. The molecule has 2 aliphatic rings. The van der Waals surface area contributed by atoms with Gasteiger partial charge in [0.15, 0.2) is 0 Å². The van der Waals surface area contributed by atoms with Gasteiger partial charge in [-0.15, -0.1) is 0 Å². The number of rotatable bonds is 5. The molecule has 8 radical (unpaired) electrons. The average Bonchev–Trinajstić information content (AvgIpc) is 3.00. The summed E-state index contributed by atoms with van der Waals surface area (Å²) < 4.78 is 29.4. The van der Waals surface area contributed by atoms with Crippen molar-refractivity contribution in [2.45, 2.75) is 36.1 Å². The summed E-state index contributed by atoms with van der Waals surface area (Å²) in [7, 11) is 24.7. The van der Waals surface area contributed by atoms with Gasteiger partial charge in [-0.25, -0.2) is 0 Å². The molecular weight excluding hydrogens is 487 g/mol. The fourth-order valence-electron chi connectivity index (χ4n) is 4.36. The topological polar surface area (TPSA) is 95.6 Å². The Kier molecular flexibility index (Phi) is 6.58. The van der Waals surface area contributed by atoms with E-state index in [9.17, 15) is 28.0 Å². The molecule has 0 saturated carbocycles. The predicted octanol–water partition coefficient (Wildman–Crippen LogP) is -0.0826. The second-order valence-corrected chi connectivity index (χ2v) is 8.93. The summed E-state index contributed by atoms with van der Waals surface area (Å²) in [4.78, 5) is 50.3. The molecular formula is C22H14B4ClF2N3O4. The monoisotopic (exact) mass is 501 g/mol. The van der Waals surface area contributed by atoms with E-state index in [1.54, 1.807) is 0 Å². The Labute approximate surface area is 215 Å². The average molecular weight is 501 g/mol. The van der Waals surface area contributed by atoms with Gasteiger partial charge < -0.3 is 10.2 Å². The Morgan fingerprint density at radius 1 is 1.17 bits per heavy atom. The quantitative estimate of drug-likeness (QED) is 0.443. The maximum atomic E-state index is 14.7. The summed E-state index contributed by atoms with van der Waals surface area (Å²) in [6.07, 6.45) is -0.0469. The molecule has 174 valence electrons.